The number of hydrogen-bond acceptors (Lipinski definition) is 2. The van der Waals surface area contributed by atoms with Crippen molar-refractivity contribution in [1.29, 1.82) is 0 Å². The van der Waals surface area contributed by atoms with Gasteiger partial charge in [0, 0.05) is 12.6 Å². The lowest BCUT2D eigenvalue weighted by Gasteiger charge is -2.29. The number of aromatic carboxylic acids is 1. The Morgan fingerprint density at radius 1 is 1.50 bits per heavy atom. The molecule has 16 heavy (non-hydrogen) atoms. The third-order valence-electron chi connectivity index (χ3n) is 2.47. The van der Waals surface area contributed by atoms with Crippen molar-refractivity contribution in [2.75, 3.05) is 11.4 Å². The zero-order valence-corrected chi connectivity index (χ0v) is 10.5. The van der Waals surface area contributed by atoms with E-state index in [4.69, 9.17) is 16.7 Å². The first-order valence-corrected chi connectivity index (χ1v) is 5.65. The molecule has 0 heterocycles. The largest absolute Gasteiger partial charge is 0.478 e. The van der Waals surface area contributed by atoms with Gasteiger partial charge in [-0.05, 0) is 32.9 Å². The van der Waals surface area contributed by atoms with Gasteiger partial charge in [-0.15, -0.1) is 0 Å². The van der Waals surface area contributed by atoms with Crippen LogP contribution in [0.4, 0.5) is 5.69 Å². The Labute approximate surface area is 101 Å². The highest BCUT2D eigenvalue weighted by atomic mass is 35.5. The molecule has 1 N–H and O–H groups in total. The number of nitrogens with zero attached hydrogens (tertiary/aromatic N) is 1. The van der Waals surface area contributed by atoms with Crippen LogP contribution in [0.25, 0.3) is 0 Å². The molecular formula is C12H16ClNO2. The fraction of sp³-hybridized carbons (Fsp3) is 0.417. The van der Waals surface area contributed by atoms with Crippen molar-refractivity contribution >= 4 is 23.3 Å². The Morgan fingerprint density at radius 2 is 2.12 bits per heavy atom. The van der Waals surface area contributed by atoms with Gasteiger partial charge >= 0.3 is 5.97 Å². The third-order valence-corrected chi connectivity index (χ3v) is 2.77. The number of rotatable bonds is 4. The van der Waals surface area contributed by atoms with Crippen molar-refractivity contribution in [3.8, 4) is 0 Å². The SMILES string of the molecule is CCN(c1c(Cl)cccc1C(=O)O)C(C)C. The number of benzene rings is 1. The second-order valence-corrected chi connectivity index (χ2v) is 4.23. The van der Waals surface area contributed by atoms with Crippen molar-refractivity contribution in [2.24, 2.45) is 0 Å². The van der Waals surface area contributed by atoms with Gasteiger partial charge in [0.2, 0.25) is 0 Å². The van der Waals surface area contributed by atoms with Gasteiger partial charge in [0.1, 0.15) is 0 Å². The van der Waals surface area contributed by atoms with Crippen LogP contribution in [0.3, 0.4) is 0 Å². The molecule has 1 aromatic carbocycles. The second kappa shape index (κ2) is 5.21. The molecule has 0 aliphatic rings. The van der Waals surface area contributed by atoms with Crippen LogP contribution >= 0.6 is 11.6 Å². The van der Waals surface area contributed by atoms with Crippen LogP contribution in [0.2, 0.25) is 5.02 Å². The van der Waals surface area contributed by atoms with Crippen molar-refractivity contribution < 1.29 is 9.90 Å². The smallest absolute Gasteiger partial charge is 0.337 e. The number of para-hydroxylation sites is 1. The summed E-state index contributed by atoms with van der Waals surface area (Å²) in [6.45, 7) is 6.73. The van der Waals surface area contributed by atoms with E-state index < -0.39 is 5.97 Å². The van der Waals surface area contributed by atoms with E-state index in [1.807, 2.05) is 25.7 Å². The maximum absolute atomic E-state index is 11.1. The van der Waals surface area contributed by atoms with E-state index >= 15 is 0 Å². The first-order chi connectivity index (χ1) is 7.49. The average molecular weight is 242 g/mol. The molecule has 0 radical (unpaired) electrons. The molecule has 0 spiro atoms. The van der Waals surface area contributed by atoms with Gasteiger partial charge in [-0.3, -0.25) is 0 Å². The normalized spacial score (nSPS) is 10.6. The monoisotopic (exact) mass is 241 g/mol. The minimum absolute atomic E-state index is 0.211. The molecular weight excluding hydrogens is 226 g/mol. The van der Waals surface area contributed by atoms with E-state index in [1.54, 1.807) is 18.2 Å². The number of carbonyl (C=O) groups is 1. The van der Waals surface area contributed by atoms with Crippen LogP contribution in [-0.4, -0.2) is 23.7 Å². The van der Waals surface area contributed by atoms with Gasteiger partial charge in [0.05, 0.1) is 16.3 Å². The summed E-state index contributed by atoms with van der Waals surface area (Å²) in [6, 6.07) is 5.16. The summed E-state index contributed by atoms with van der Waals surface area (Å²) in [5.41, 5.74) is 0.859. The van der Waals surface area contributed by atoms with Crippen LogP contribution in [0.5, 0.6) is 0 Å². The summed E-state index contributed by atoms with van der Waals surface area (Å²) < 4.78 is 0. The van der Waals surface area contributed by atoms with E-state index in [0.717, 1.165) is 6.54 Å². The highest BCUT2D eigenvalue weighted by Crippen LogP contribution is 2.31. The van der Waals surface area contributed by atoms with Crippen molar-refractivity contribution in [3.63, 3.8) is 0 Å². The third kappa shape index (κ3) is 2.47. The van der Waals surface area contributed by atoms with Gasteiger partial charge in [0.25, 0.3) is 0 Å². The van der Waals surface area contributed by atoms with Crippen molar-refractivity contribution in [1.82, 2.24) is 0 Å². The molecule has 4 heteroatoms. The fourth-order valence-electron chi connectivity index (χ4n) is 1.76. The molecule has 3 nitrogen and oxygen atoms in total. The first-order valence-electron chi connectivity index (χ1n) is 5.27. The molecule has 0 unspecified atom stereocenters. The summed E-state index contributed by atoms with van der Waals surface area (Å²) in [4.78, 5) is 13.1. The van der Waals surface area contributed by atoms with E-state index in [1.165, 1.54) is 0 Å². The summed E-state index contributed by atoms with van der Waals surface area (Å²) in [5.74, 6) is -0.948. The van der Waals surface area contributed by atoms with E-state index in [9.17, 15) is 4.79 Å². The van der Waals surface area contributed by atoms with Crippen molar-refractivity contribution in [2.45, 2.75) is 26.8 Å². The van der Waals surface area contributed by atoms with Gasteiger partial charge in [-0.1, -0.05) is 17.7 Å². The summed E-state index contributed by atoms with van der Waals surface area (Å²) in [5, 5.41) is 9.61. The fourth-order valence-corrected chi connectivity index (χ4v) is 2.04. The Hall–Kier alpha value is -1.22. The molecule has 0 aromatic heterocycles. The molecule has 0 saturated carbocycles. The van der Waals surface area contributed by atoms with Gasteiger partial charge < -0.3 is 10.0 Å². The standard InChI is InChI=1S/C12H16ClNO2/c1-4-14(8(2)3)11-9(12(15)16)6-5-7-10(11)13/h5-8H,4H2,1-3H3,(H,15,16). The highest BCUT2D eigenvalue weighted by molar-refractivity contribution is 6.34. The summed E-state index contributed by atoms with van der Waals surface area (Å²) >= 11 is 6.09. The van der Waals surface area contributed by atoms with Gasteiger partial charge in [0.15, 0.2) is 0 Å². The number of halogens is 1. The topological polar surface area (TPSA) is 40.5 Å². The lowest BCUT2D eigenvalue weighted by molar-refractivity contribution is 0.0697. The minimum Gasteiger partial charge on any atom is -0.478 e. The Bertz CT molecular complexity index is 391. The summed E-state index contributed by atoms with van der Waals surface area (Å²) in [6.07, 6.45) is 0. The molecule has 0 aliphatic heterocycles. The molecule has 0 bridgehead atoms. The average Bonchev–Trinajstić information content (AvgIpc) is 2.20. The Balaban J connectivity index is 3.34. The van der Waals surface area contributed by atoms with Crippen LogP contribution in [0.1, 0.15) is 31.1 Å². The van der Waals surface area contributed by atoms with Crippen LogP contribution in [0, 0.1) is 0 Å². The van der Waals surface area contributed by atoms with Crippen LogP contribution < -0.4 is 4.90 Å². The predicted octanol–water partition coefficient (Wildman–Crippen LogP) is 3.27. The number of hydrogen-bond donors (Lipinski definition) is 1. The van der Waals surface area contributed by atoms with Crippen LogP contribution in [-0.2, 0) is 0 Å². The molecule has 0 amide bonds. The van der Waals surface area contributed by atoms with Crippen LogP contribution in [0.15, 0.2) is 18.2 Å². The quantitative estimate of drug-likeness (QED) is 0.880. The van der Waals surface area contributed by atoms with Gasteiger partial charge in [-0.2, -0.15) is 0 Å². The van der Waals surface area contributed by atoms with Crippen molar-refractivity contribution in [3.05, 3.63) is 28.8 Å². The molecule has 0 atom stereocenters. The number of carboxylic acids is 1. The molecule has 0 aliphatic carbocycles. The minimum atomic E-state index is -0.948. The maximum Gasteiger partial charge on any atom is 0.337 e. The lowest BCUT2D eigenvalue weighted by atomic mass is 10.1. The Kier molecular flexibility index (Phi) is 4.19. The van der Waals surface area contributed by atoms with E-state index in [2.05, 4.69) is 0 Å². The van der Waals surface area contributed by atoms with Gasteiger partial charge in [-0.25, -0.2) is 4.79 Å². The first kappa shape index (κ1) is 12.8. The number of anilines is 1. The maximum atomic E-state index is 11.1. The lowest BCUT2D eigenvalue weighted by Crippen LogP contribution is -2.32. The summed E-state index contributed by atoms with van der Waals surface area (Å²) in [7, 11) is 0. The van der Waals surface area contributed by atoms with E-state index in [0.29, 0.717) is 10.7 Å². The zero-order chi connectivity index (χ0) is 12.3. The molecule has 0 fully saturated rings. The molecule has 0 saturated heterocycles. The number of carboxylic acid groups (broad SMARTS) is 1. The predicted molar refractivity (Wildman–Crippen MR) is 66.6 cm³/mol. The zero-order valence-electron chi connectivity index (χ0n) is 9.70. The molecule has 88 valence electrons. The highest BCUT2D eigenvalue weighted by Gasteiger charge is 2.19. The Morgan fingerprint density at radius 3 is 2.56 bits per heavy atom. The molecule has 1 aromatic rings. The second-order valence-electron chi connectivity index (χ2n) is 3.82. The van der Waals surface area contributed by atoms with E-state index in [-0.39, 0.29) is 11.6 Å². The molecule has 1 rings (SSSR count).